The highest BCUT2D eigenvalue weighted by molar-refractivity contribution is 6.14. The highest BCUT2D eigenvalue weighted by Gasteiger charge is 2.26. The van der Waals surface area contributed by atoms with Crippen molar-refractivity contribution in [1.29, 1.82) is 0 Å². The smallest absolute Gasteiger partial charge is 0.185 e. The molecule has 0 amide bonds. The maximum Gasteiger partial charge on any atom is 0.185 e. The number of hydrogen-bond acceptors (Lipinski definition) is 5. The van der Waals surface area contributed by atoms with Gasteiger partial charge in [0.05, 0.1) is 28.4 Å². The standard InChI is InChI=1S/C25H28O5/c1-16-12-19(14-17-8-6-10-21(27-2)24(17)29-4)23(26)20(13-16)15-18-9-7-11-22(28-3)25(18)30-5/h6-11,14-16H,12-13H2,1-5H3. The molecule has 1 aliphatic rings. The lowest BCUT2D eigenvalue weighted by Gasteiger charge is -2.23. The van der Waals surface area contributed by atoms with Crippen molar-refractivity contribution in [2.75, 3.05) is 28.4 Å². The summed E-state index contributed by atoms with van der Waals surface area (Å²) in [7, 11) is 6.41. The van der Waals surface area contributed by atoms with Gasteiger partial charge in [0.25, 0.3) is 0 Å². The second-order valence-electron chi connectivity index (χ2n) is 7.35. The fourth-order valence-electron chi connectivity index (χ4n) is 3.89. The van der Waals surface area contributed by atoms with E-state index < -0.39 is 0 Å². The molecule has 0 aliphatic heterocycles. The topological polar surface area (TPSA) is 54.0 Å². The quantitative estimate of drug-likeness (QED) is 0.616. The van der Waals surface area contributed by atoms with E-state index in [1.807, 2.05) is 48.6 Å². The van der Waals surface area contributed by atoms with E-state index in [4.69, 9.17) is 18.9 Å². The van der Waals surface area contributed by atoms with Crippen LogP contribution in [0.2, 0.25) is 0 Å². The SMILES string of the molecule is COc1cccc(C=C2CC(C)CC(=Cc3cccc(OC)c3OC)C2=O)c1OC. The largest absolute Gasteiger partial charge is 0.493 e. The van der Waals surface area contributed by atoms with E-state index in [9.17, 15) is 4.79 Å². The lowest BCUT2D eigenvalue weighted by atomic mass is 9.80. The number of rotatable bonds is 6. The summed E-state index contributed by atoms with van der Waals surface area (Å²) in [6, 6.07) is 11.3. The number of carbonyl (C=O) groups excluding carboxylic acids is 1. The van der Waals surface area contributed by atoms with Crippen molar-refractivity contribution in [3.63, 3.8) is 0 Å². The summed E-state index contributed by atoms with van der Waals surface area (Å²) in [6.45, 7) is 2.15. The maximum atomic E-state index is 13.3. The Hall–Kier alpha value is -3.21. The summed E-state index contributed by atoms with van der Waals surface area (Å²) in [5.74, 6) is 2.91. The average molecular weight is 408 g/mol. The minimum absolute atomic E-state index is 0.0443. The van der Waals surface area contributed by atoms with Gasteiger partial charge in [0.15, 0.2) is 28.8 Å². The summed E-state index contributed by atoms with van der Waals surface area (Å²) in [4.78, 5) is 13.3. The molecular weight excluding hydrogens is 380 g/mol. The number of carbonyl (C=O) groups is 1. The van der Waals surface area contributed by atoms with Crippen LogP contribution >= 0.6 is 0 Å². The zero-order valence-electron chi connectivity index (χ0n) is 18.2. The number of para-hydroxylation sites is 2. The molecule has 0 bridgehead atoms. The van der Waals surface area contributed by atoms with E-state index in [0.29, 0.717) is 41.8 Å². The van der Waals surface area contributed by atoms with Crippen LogP contribution in [0.5, 0.6) is 23.0 Å². The molecule has 0 heterocycles. The van der Waals surface area contributed by atoms with Crippen molar-refractivity contribution in [2.45, 2.75) is 19.8 Å². The lowest BCUT2D eigenvalue weighted by Crippen LogP contribution is -2.18. The van der Waals surface area contributed by atoms with E-state index in [0.717, 1.165) is 22.3 Å². The first kappa shape index (κ1) is 21.5. The molecule has 3 rings (SSSR count). The summed E-state index contributed by atoms with van der Waals surface area (Å²) < 4.78 is 21.8. The Morgan fingerprint density at radius 3 is 1.53 bits per heavy atom. The lowest BCUT2D eigenvalue weighted by molar-refractivity contribution is -0.113. The Bertz CT molecular complexity index is 910. The van der Waals surface area contributed by atoms with Crippen LogP contribution in [0.1, 0.15) is 30.9 Å². The van der Waals surface area contributed by atoms with Crippen LogP contribution in [0.15, 0.2) is 47.5 Å². The van der Waals surface area contributed by atoms with Gasteiger partial charge in [0.2, 0.25) is 0 Å². The fourth-order valence-corrected chi connectivity index (χ4v) is 3.89. The van der Waals surface area contributed by atoms with Gasteiger partial charge < -0.3 is 18.9 Å². The van der Waals surface area contributed by atoms with Gasteiger partial charge in [0, 0.05) is 22.3 Å². The van der Waals surface area contributed by atoms with Gasteiger partial charge in [-0.1, -0.05) is 31.2 Å². The minimum Gasteiger partial charge on any atom is -0.493 e. The highest BCUT2D eigenvalue weighted by atomic mass is 16.5. The van der Waals surface area contributed by atoms with Crippen LogP contribution in [0.25, 0.3) is 12.2 Å². The van der Waals surface area contributed by atoms with E-state index in [2.05, 4.69) is 6.92 Å². The molecule has 5 nitrogen and oxygen atoms in total. The first-order chi connectivity index (χ1) is 14.5. The van der Waals surface area contributed by atoms with Gasteiger partial charge in [-0.05, 0) is 43.0 Å². The Balaban J connectivity index is 2.03. The fraction of sp³-hybridized carbons (Fsp3) is 0.320. The molecule has 2 aromatic carbocycles. The van der Waals surface area contributed by atoms with Crippen LogP contribution in [0.4, 0.5) is 0 Å². The molecule has 0 radical (unpaired) electrons. The van der Waals surface area contributed by atoms with Gasteiger partial charge in [-0.3, -0.25) is 4.79 Å². The van der Waals surface area contributed by atoms with Gasteiger partial charge in [-0.15, -0.1) is 0 Å². The third-order valence-corrected chi connectivity index (χ3v) is 5.25. The molecule has 158 valence electrons. The Labute approximate surface area is 177 Å². The minimum atomic E-state index is 0.0443. The zero-order chi connectivity index (χ0) is 21.7. The first-order valence-corrected chi connectivity index (χ1v) is 9.90. The predicted molar refractivity (Wildman–Crippen MR) is 118 cm³/mol. The molecule has 0 atom stereocenters. The third kappa shape index (κ3) is 4.35. The second kappa shape index (κ2) is 9.53. The molecule has 0 N–H and O–H groups in total. The number of allylic oxidation sites excluding steroid dienone is 2. The van der Waals surface area contributed by atoms with Crippen LogP contribution in [-0.2, 0) is 4.79 Å². The predicted octanol–water partition coefficient (Wildman–Crippen LogP) is 5.19. The molecular formula is C25H28O5. The van der Waals surface area contributed by atoms with Gasteiger partial charge >= 0.3 is 0 Å². The Morgan fingerprint density at radius 2 is 1.17 bits per heavy atom. The second-order valence-corrected chi connectivity index (χ2v) is 7.35. The van der Waals surface area contributed by atoms with E-state index in [1.54, 1.807) is 28.4 Å². The van der Waals surface area contributed by atoms with Gasteiger partial charge in [-0.25, -0.2) is 0 Å². The molecule has 1 saturated carbocycles. The molecule has 0 spiro atoms. The molecule has 5 heteroatoms. The summed E-state index contributed by atoms with van der Waals surface area (Å²) in [5.41, 5.74) is 3.17. The average Bonchev–Trinajstić information content (AvgIpc) is 2.76. The third-order valence-electron chi connectivity index (χ3n) is 5.25. The Kier molecular flexibility index (Phi) is 6.83. The molecule has 1 aliphatic carbocycles. The van der Waals surface area contributed by atoms with Crippen LogP contribution < -0.4 is 18.9 Å². The number of hydrogen-bond donors (Lipinski definition) is 0. The summed E-state index contributed by atoms with van der Waals surface area (Å²) in [6.07, 6.45) is 5.25. The number of methoxy groups -OCH3 is 4. The summed E-state index contributed by atoms with van der Waals surface area (Å²) >= 11 is 0. The zero-order valence-corrected chi connectivity index (χ0v) is 18.2. The van der Waals surface area contributed by atoms with Crippen LogP contribution in [0.3, 0.4) is 0 Å². The van der Waals surface area contributed by atoms with Crippen LogP contribution in [-0.4, -0.2) is 34.2 Å². The monoisotopic (exact) mass is 408 g/mol. The Morgan fingerprint density at radius 1 is 0.733 bits per heavy atom. The number of ketones is 1. The normalized spacial score (nSPS) is 19.1. The van der Waals surface area contributed by atoms with Gasteiger partial charge in [0.1, 0.15) is 0 Å². The maximum absolute atomic E-state index is 13.3. The van der Waals surface area contributed by atoms with Gasteiger partial charge in [-0.2, -0.15) is 0 Å². The molecule has 2 aromatic rings. The van der Waals surface area contributed by atoms with Crippen molar-refractivity contribution in [1.82, 2.24) is 0 Å². The highest BCUT2D eigenvalue weighted by Crippen LogP contribution is 2.38. The van der Waals surface area contributed by atoms with E-state index in [1.165, 1.54) is 0 Å². The summed E-state index contributed by atoms with van der Waals surface area (Å²) in [5, 5.41) is 0. The molecule has 0 saturated heterocycles. The number of benzene rings is 2. The molecule has 0 unspecified atom stereocenters. The number of ether oxygens (including phenoxy) is 4. The van der Waals surface area contributed by atoms with Crippen LogP contribution in [0, 0.1) is 5.92 Å². The van der Waals surface area contributed by atoms with E-state index >= 15 is 0 Å². The van der Waals surface area contributed by atoms with Crippen molar-refractivity contribution < 1.29 is 23.7 Å². The molecule has 0 aromatic heterocycles. The van der Waals surface area contributed by atoms with Crippen molar-refractivity contribution in [2.24, 2.45) is 5.92 Å². The van der Waals surface area contributed by atoms with E-state index in [-0.39, 0.29) is 5.78 Å². The van der Waals surface area contributed by atoms with Crippen molar-refractivity contribution in [3.8, 4) is 23.0 Å². The first-order valence-electron chi connectivity index (χ1n) is 9.90. The molecule has 30 heavy (non-hydrogen) atoms. The number of Topliss-reactive ketones (excluding diaryl/α,β-unsaturated/α-hetero) is 1. The van der Waals surface area contributed by atoms with Crippen molar-refractivity contribution in [3.05, 3.63) is 58.7 Å². The van der Waals surface area contributed by atoms with Crippen molar-refractivity contribution >= 4 is 17.9 Å². The molecule has 1 fully saturated rings.